The maximum absolute atomic E-state index is 14.0. The predicted molar refractivity (Wildman–Crippen MR) is 136 cm³/mol. The molecule has 0 fully saturated rings. The Kier molecular flexibility index (Phi) is 5.47. The number of fused-ring (bicyclic) bond motifs is 3. The van der Waals surface area contributed by atoms with Gasteiger partial charge in [-0.05, 0) is 60.3 Å². The topological polar surface area (TPSA) is 114 Å². The number of sulfonamides is 1. The summed E-state index contributed by atoms with van der Waals surface area (Å²) < 4.78 is 48.6. The lowest BCUT2D eigenvalue weighted by molar-refractivity contribution is 0.174. The quantitative estimate of drug-likeness (QED) is 0.360. The van der Waals surface area contributed by atoms with Gasteiger partial charge in [0.25, 0.3) is 5.56 Å². The summed E-state index contributed by atoms with van der Waals surface area (Å²) in [6.45, 7) is 1.96. The molecule has 1 aliphatic rings. The number of aryl methyl sites for hydroxylation is 1. The fourth-order valence-corrected chi connectivity index (χ4v) is 6.43. The van der Waals surface area contributed by atoms with Crippen LogP contribution in [0, 0.1) is 6.92 Å². The first-order valence-electron chi connectivity index (χ1n) is 11.1. The molecule has 11 heteroatoms. The molecule has 0 unspecified atom stereocenters. The van der Waals surface area contributed by atoms with Crippen LogP contribution in [0.3, 0.4) is 0 Å². The summed E-state index contributed by atoms with van der Waals surface area (Å²) >= 11 is 0.953. The summed E-state index contributed by atoms with van der Waals surface area (Å²) in [5.74, 6) is 1.16. The van der Waals surface area contributed by atoms with Crippen LogP contribution < -0.4 is 15.0 Å². The third-order valence-electron chi connectivity index (χ3n) is 6.09. The fraction of sp³-hybridized carbons (Fsp3) is 0.160. The molecule has 6 rings (SSSR count). The Hall–Kier alpha value is -3.80. The Morgan fingerprint density at radius 2 is 1.86 bits per heavy atom. The van der Waals surface area contributed by atoms with Crippen LogP contribution in [-0.2, 0) is 23.1 Å². The largest absolute Gasteiger partial charge is 0.454 e. The zero-order valence-electron chi connectivity index (χ0n) is 19.1. The second kappa shape index (κ2) is 8.70. The molecule has 5 aromatic rings. The van der Waals surface area contributed by atoms with Crippen molar-refractivity contribution in [1.29, 1.82) is 0 Å². The molecule has 9 nitrogen and oxygen atoms in total. The highest BCUT2D eigenvalue weighted by molar-refractivity contribution is 7.89. The molecule has 36 heavy (non-hydrogen) atoms. The van der Waals surface area contributed by atoms with E-state index in [9.17, 15) is 13.2 Å². The Morgan fingerprint density at radius 3 is 2.75 bits per heavy atom. The number of pyridine rings is 1. The molecule has 0 saturated carbocycles. The monoisotopic (exact) mass is 520 g/mol. The number of hydrogen-bond acceptors (Lipinski definition) is 8. The molecule has 3 heterocycles. The van der Waals surface area contributed by atoms with E-state index < -0.39 is 10.0 Å². The van der Waals surface area contributed by atoms with E-state index in [4.69, 9.17) is 9.47 Å². The zero-order chi connectivity index (χ0) is 24.9. The van der Waals surface area contributed by atoms with Crippen LogP contribution in [0.1, 0.15) is 16.7 Å². The molecule has 3 aromatic carbocycles. The van der Waals surface area contributed by atoms with Gasteiger partial charge in [-0.1, -0.05) is 23.8 Å². The highest BCUT2D eigenvalue weighted by atomic mass is 32.2. The van der Waals surface area contributed by atoms with Crippen molar-refractivity contribution >= 4 is 43.7 Å². The third kappa shape index (κ3) is 4.00. The van der Waals surface area contributed by atoms with Crippen LogP contribution in [0.2, 0.25) is 0 Å². The Bertz CT molecular complexity index is 1800. The van der Waals surface area contributed by atoms with E-state index >= 15 is 0 Å². The van der Waals surface area contributed by atoms with E-state index in [1.54, 1.807) is 36.4 Å². The van der Waals surface area contributed by atoms with Crippen LogP contribution in [0.5, 0.6) is 11.5 Å². The number of aromatic nitrogens is 3. The summed E-state index contributed by atoms with van der Waals surface area (Å²) in [6.07, 6.45) is 0. The highest BCUT2D eigenvalue weighted by Crippen LogP contribution is 2.34. The smallest absolute Gasteiger partial charge is 0.252 e. The van der Waals surface area contributed by atoms with Crippen molar-refractivity contribution in [3.8, 4) is 11.5 Å². The molecule has 0 aliphatic carbocycles. The number of nitrogens with one attached hydrogen (secondary N) is 1. The van der Waals surface area contributed by atoms with Crippen LogP contribution >= 0.6 is 11.7 Å². The van der Waals surface area contributed by atoms with E-state index in [1.807, 2.05) is 25.1 Å². The first-order valence-corrected chi connectivity index (χ1v) is 13.3. The lowest BCUT2D eigenvalue weighted by Gasteiger charge is -2.22. The van der Waals surface area contributed by atoms with Crippen molar-refractivity contribution < 1.29 is 17.9 Å². The molecular weight excluding hydrogens is 500 g/mol. The molecule has 0 spiro atoms. The lowest BCUT2D eigenvalue weighted by Crippen LogP contribution is -2.32. The molecule has 0 amide bonds. The molecule has 1 aliphatic heterocycles. The summed E-state index contributed by atoms with van der Waals surface area (Å²) in [5, 5.41) is 0.829. The summed E-state index contributed by atoms with van der Waals surface area (Å²) in [4.78, 5) is 15.9. The molecule has 182 valence electrons. The molecule has 1 N–H and O–H groups in total. The fourth-order valence-electron chi connectivity index (χ4n) is 4.28. The van der Waals surface area contributed by atoms with Crippen molar-refractivity contribution in [2.24, 2.45) is 0 Å². The Morgan fingerprint density at radius 1 is 1.00 bits per heavy atom. The number of aromatic amines is 1. The Labute approximate surface area is 210 Å². The minimum atomic E-state index is -4.07. The van der Waals surface area contributed by atoms with Gasteiger partial charge < -0.3 is 14.5 Å². The van der Waals surface area contributed by atoms with Gasteiger partial charge >= 0.3 is 0 Å². The maximum atomic E-state index is 14.0. The number of benzene rings is 3. The van der Waals surface area contributed by atoms with Crippen molar-refractivity contribution in [2.45, 2.75) is 24.9 Å². The van der Waals surface area contributed by atoms with Crippen molar-refractivity contribution in [3.63, 3.8) is 0 Å². The van der Waals surface area contributed by atoms with Crippen molar-refractivity contribution in [1.82, 2.24) is 18.0 Å². The van der Waals surface area contributed by atoms with E-state index in [0.29, 0.717) is 39.2 Å². The van der Waals surface area contributed by atoms with Crippen molar-refractivity contribution in [2.75, 3.05) is 6.79 Å². The van der Waals surface area contributed by atoms with Gasteiger partial charge in [-0.25, -0.2) is 8.42 Å². The van der Waals surface area contributed by atoms with Gasteiger partial charge in [0.05, 0.1) is 11.7 Å². The highest BCUT2D eigenvalue weighted by Gasteiger charge is 2.29. The van der Waals surface area contributed by atoms with Gasteiger partial charge in [0.2, 0.25) is 16.8 Å². The second-order valence-electron chi connectivity index (χ2n) is 8.56. The van der Waals surface area contributed by atoms with E-state index in [0.717, 1.165) is 22.7 Å². The number of rotatable bonds is 6. The van der Waals surface area contributed by atoms with Gasteiger partial charge in [-0.2, -0.15) is 13.1 Å². The van der Waals surface area contributed by atoms with E-state index in [2.05, 4.69) is 13.7 Å². The van der Waals surface area contributed by atoms with E-state index in [-0.39, 0.29) is 30.3 Å². The van der Waals surface area contributed by atoms with Gasteiger partial charge in [-0.3, -0.25) is 4.79 Å². The van der Waals surface area contributed by atoms with Crippen molar-refractivity contribution in [3.05, 3.63) is 87.7 Å². The molecule has 0 atom stereocenters. The molecule has 0 radical (unpaired) electrons. The maximum Gasteiger partial charge on any atom is 0.252 e. The van der Waals surface area contributed by atoms with Crippen LogP contribution in [0.25, 0.3) is 21.9 Å². The zero-order valence-corrected chi connectivity index (χ0v) is 20.7. The number of ether oxygens (including phenoxy) is 2. The average molecular weight is 521 g/mol. The van der Waals surface area contributed by atoms with Crippen LogP contribution in [0.15, 0.2) is 70.4 Å². The third-order valence-corrected chi connectivity index (χ3v) is 8.45. The minimum absolute atomic E-state index is 0.0121. The number of hydrogen-bond donors (Lipinski definition) is 1. The second-order valence-corrected chi connectivity index (χ2v) is 11.0. The summed E-state index contributed by atoms with van der Waals surface area (Å²) in [6, 6.07) is 17.6. The van der Waals surface area contributed by atoms with Gasteiger partial charge in [0, 0.05) is 24.2 Å². The molecule has 0 bridgehead atoms. The molecular formula is C25H20N4O5S2. The van der Waals surface area contributed by atoms with Crippen LogP contribution in [0.4, 0.5) is 0 Å². The van der Waals surface area contributed by atoms with Gasteiger partial charge in [-0.15, -0.1) is 0 Å². The van der Waals surface area contributed by atoms with Gasteiger partial charge in [0.15, 0.2) is 11.5 Å². The van der Waals surface area contributed by atoms with E-state index in [1.165, 1.54) is 10.4 Å². The molecule has 2 aromatic heterocycles. The normalized spacial score (nSPS) is 13.2. The number of nitrogens with zero attached hydrogens (tertiary/aromatic N) is 3. The molecule has 0 saturated heterocycles. The minimum Gasteiger partial charge on any atom is -0.454 e. The number of H-pyrrole nitrogens is 1. The SMILES string of the molecule is Cc1ccc2[nH]c(=O)c(CN(Cc3ccc4c(c3)OCO4)S(=O)(=O)c3cccc4nsnc34)cc2c1. The predicted octanol–water partition coefficient (Wildman–Crippen LogP) is 3.96. The average Bonchev–Trinajstić information content (AvgIpc) is 3.53. The van der Waals surface area contributed by atoms with Crippen LogP contribution in [-0.4, -0.2) is 33.2 Å². The van der Waals surface area contributed by atoms with Gasteiger partial charge in [0.1, 0.15) is 15.9 Å². The summed E-state index contributed by atoms with van der Waals surface area (Å²) in [7, 11) is -4.07. The lowest BCUT2D eigenvalue weighted by atomic mass is 10.1. The standard InChI is InChI=1S/C25H20N4O5S2/c1-15-5-7-19-17(9-15)11-18(25(30)26-19)13-29(12-16-6-8-21-22(10-16)34-14-33-21)36(31,32)23-4-2-3-20-24(23)28-35-27-20/h2-11H,12-14H2,1H3,(H,26,30). The summed E-state index contributed by atoms with van der Waals surface area (Å²) in [5.41, 5.74) is 3.22. The first kappa shape index (κ1) is 22.7. The Balaban J connectivity index is 1.46. The first-order chi connectivity index (χ1) is 17.4.